The van der Waals surface area contributed by atoms with Crippen LogP contribution in [0.1, 0.15) is 24.2 Å². The first-order chi connectivity index (χ1) is 16.1. The quantitative estimate of drug-likeness (QED) is 0.466. The van der Waals surface area contributed by atoms with Gasteiger partial charge >= 0.3 is 0 Å². The number of rotatable bonds is 4. The SMILES string of the molecule is COc1ccc(C(O)C#Cc2cc(N3CCOC[C@H]3C)nc3c2cnn3-c2cc[nH]n2)cc1. The van der Waals surface area contributed by atoms with E-state index in [1.807, 2.05) is 12.1 Å². The minimum Gasteiger partial charge on any atom is -0.497 e. The van der Waals surface area contributed by atoms with Crippen molar-refractivity contribution in [3.8, 4) is 23.4 Å². The first-order valence-electron chi connectivity index (χ1n) is 10.7. The third-order valence-corrected chi connectivity index (χ3v) is 5.67. The molecule has 1 aromatic carbocycles. The number of hydrogen-bond acceptors (Lipinski definition) is 7. The minimum atomic E-state index is -0.939. The second kappa shape index (κ2) is 8.94. The highest BCUT2D eigenvalue weighted by molar-refractivity contribution is 5.85. The van der Waals surface area contributed by atoms with Gasteiger partial charge in [0, 0.05) is 24.4 Å². The van der Waals surface area contributed by atoms with Gasteiger partial charge in [0.15, 0.2) is 11.5 Å². The molecular formula is C24H24N6O3. The van der Waals surface area contributed by atoms with Gasteiger partial charge in [-0.2, -0.15) is 14.9 Å². The Balaban J connectivity index is 1.58. The number of benzene rings is 1. The van der Waals surface area contributed by atoms with Gasteiger partial charge in [-0.3, -0.25) is 5.10 Å². The number of anilines is 1. The van der Waals surface area contributed by atoms with Crippen LogP contribution < -0.4 is 9.64 Å². The Morgan fingerprint density at radius 1 is 1.24 bits per heavy atom. The number of aliphatic hydroxyl groups excluding tert-OH is 1. The summed E-state index contributed by atoms with van der Waals surface area (Å²) in [6.07, 6.45) is 2.53. The molecule has 2 atom stereocenters. The molecular weight excluding hydrogens is 420 g/mol. The number of nitrogens with one attached hydrogen (secondary N) is 1. The number of aromatic amines is 1. The lowest BCUT2D eigenvalue weighted by Crippen LogP contribution is -2.44. The Hall–Kier alpha value is -3.87. The van der Waals surface area contributed by atoms with E-state index in [2.05, 4.69) is 39.0 Å². The Morgan fingerprint density at radius 3 is 2.82 bits per heavy atom. The lowest BCUT2D eigenvalue weighted by molar-refractivity contribution is 0.0985. The van der Waals surface area contributed by atoms with E-state index in [0.29, 0.717) is 30.2 Å². The number of nitrogens with zero attached hydrogens (tertiary/aromatic N) is 5. The zero-order valence-electron chi connectivity index (χ0n) is 18.4. The first kappa shape index (κ1) is 21.0. The average molecular weight is 444 g/mol. The monoisotopic (exact) mass is 444 g/mol. The first-order valence-corrected chi connectivity index (χ1v) is 10.7. The van der Waals surface area contributed by atoms with E-state index in [4.69, 9.17) is 14.5 Å². The largest absolute Gasteiger partial charge is 0.497 e. The maximum absolute atomic E-state index is 10.6. The van der Waals surface area contributed by atoms with Gasteiger partial charge in [0.25, 0.3) is 0 Å². The van der Waals surface area contributed by atoms with Crippen LogP contribution in [0.3, 0.4) is 0 Å². The van der Waals surface area contributed by atoms with Crippen LogP contribution in [0, 0.1) is 11.8 Å². The number of methoxy groups -OCH3 is 1. The van der Waals surface area contributed by atoms with Crippen molar-refractivity contribution >= 4 is 16.9 Å². The zero-order valence-corrected chi connectivity index (χ0v) is 18.4. The molecule has 0 radical (unpaired) electrons. The molecule has 1 aliphatic rings. The molecule has 4 aromatic rings. The van der Waals surface area contributed by atoms with E-state index < -0.39 is 6.10 Å². The summed E-state index contributed by atoms with van der Waals surface area (Å²) in [5, 5.41) is 23.0. The molecule has 33 heavy (non-hydrogen) atoms. The molecule has 0 amide bonds. The van der Waals surface area contributed by atoms with Gasteiger partial charge in [0.1, 0.15) is 17.7 Å². The van der Waals surface area contributed by atoms with Crippen LogP contribution in [0.2, 0.25) is 0 Å². The van der Waals surface area contributed by atoms with Gasteiger partial charge in [-0.1, -0.05) is 24.0 Å². The number of pyridine rings is 1. The van der Waals surface area contributed by atoms with Gasteiger partial charge in [0.2, 0.25) is 0 Å². The fraction of sp³-hybridized carbons (Fsp3) is 0.292. The molecule has 9 nitrogen and oxygen atoms in total. The summed E-state index contributed by atoms with van der Waals surface area (Å²) < 4.78 is 12.5. The summed E-state index contributed by atoms with van der Waals surface area (Å²) in [5.41, 5.74) is 2.09. The van der Waals surface area contributed by atoms with Crippen molar-refractivity contribution in [2.45, 2.75) is 19.1 Å². The van der Waals surface area contributed by atoms with Crippen molar-refractivity contribution in [3.05, 3.63) is 59.9 Å². The van der Waals surface area contributed by atoms with E-state index in [0.717, 1.165) is 29.1 Å². The number of ether oxygens (including phenoxy) is 2. The van der Waals surface area contributed by atoms with Crippen molar-refractivity contribution in [1.82, 2.24) is 25.0 Å². The third-order valence-electron chi connectivity index (χ3n) is 5.67. The van der Waals surface area contributed by atoms with Crippen LogP contribution in [-0.2, 0) is 4.74 Å². The number of hydrogen-bond donors (Lipinski definition) is 2. The van der Waals surface area contributed by atoms with Crippen LogP contribution in [0.25, 0.3) is 16.9 Å². The molecule has 0 aliphatic carbocycles. The van der Waals surface area contributed by atoms with Crippen molar-refractivity contribution in [2.75, 3.05) is 31.8 Å². The summed E-state index contributed by atoms with van der Waals surface area (Å²) in [5.74, 6) is 8.28. The molecule has 4 heterocycles. The summed E-state index contributed by atoms with van der Waals surface area (Å²) in [6, 6.07) is 11.2. The fourth-order valence-electron chi connectivity index (χ4n) is 3.86. The number of aliphatic hydroxyl groups is 1. The second-order valence-electron chi connectivity index (χ2n) is 7.82. The van der Waals surface area contributed by atoms with Crippen molar-refractivity contribution in [1.29, 1.82) is 0 Å². The van der Waals surface area contributed by atoms with Gasteiger partial charge in [-0.05, 0) is 30.7 Å². The van der Waals surface area contributed by atoms with Gasteiger partial charge < -0.3 is 19.5 Å². The predicted octanol–water partition coefficient (Wildman–Crippen LogP) is 2.46. The van der Waals surface area contributed by atoms with Crippen LogP contribution in [0.5, 0.6) is 5.75 Å². The number of aromatic nitrogens is 5. The standard InChI is InChI=1S/C24H24N6O3/c1-16-15-33-12-11-29(16)23-13-18(5-8-21(31)17-3-6-19(32-2)7-4-17)20-14-26-30(24(20)27-23)22-9-10-25-28-22/h3-4,6-7,9-10,13-14,16,21,31H,11-12,15H2,1-2H3,(H,25,28)/t16-,21?/m1/s1. The highest BCUT2D eigenvalue weighted by Gasteiger charge is 2.23. The van der Waals surface area contributed by atoms with Crippen molar-refractivity contribution < 1.29 is 14.6 Å². The maximum atomic E-state index is 10.6. The van der Waals surface area contributed by atoms with Gasteiger partial charge in [-0.25, -0.2) is 4.98 Å². The van der Waals surface area contributed by atoms with E-state index >= 15 is 0 Å². The number of fused-ring (bicyclic) bond motifs is 1. The topological polar surface area (TPSA) is 101 Å². The molecule has 0 saturated carbocycles. The van der Waals surface area contributed by atoms with E-state index in [1.165, 1.54) is 0 Å². The van der Waals surface area contributed by atoms with Crippen molar-refractivity contribution in [2.24, 2.45) is 0 Å². The highest BCUT2D eigenvalue weighted by Crippen LogP contribution is 2.26. The summed E-state index contributed by atoms with van der Waals surface area (Å²) >= 11 is 0. The van der Waals surface area contributed by atoms with Crippen LogP contribution in [0.4, 0.5) is 5.82 Å². The second-order valence-corrected chi connectivity index (χ2v) is 7.82. The fourth-order valence-corrected chi connectivity index (χ4v) is 3.86. The van der Waals surface area contributed by atoms with Crippen LogP contribution >= 0.6 is 0 Å². The maximum Gasteiger partial charge on any atom is 0.177 e. The van der Waals surface area contributed by atoms with E-state index in [9.17, 15) is 5.11 Å². The molecule has 9 heteroatoms. The molecule has 1 saturated heterocycles. The Labute approximate surface area is 191 Å². The molecule has 1 unspecified atom stereocenters. The lowest BCUT2D eigenvalue weighted by atomic mass is 10.1. The predicted molar refractivity (Wildman–Crippen MR) is 123 cm³/mol. The number of morpholine rings is 1. The molecule has 2 N–H and O–H groups in total. The van der Waals surface area contributed by atoms with Crippen molar-refractivity contribution in [3.63, 3.8) is 0 Å². The third kappa shape index (κ3) is 4.14. The van der Waals surface area contributed by atoms with Gasteiger partial charge in [0.05, 0.1) is 37.9 Å². The summed E-state index contributed by atoms with van der Waals surface area (Å²) in [7, 11) is 1.61. The summed E-state index contributed by atoms with van der Waals surface area (Å²) in [4.78, 5) is 7.11. The molecule has 3 aromatic heterocycles. The van der Waals surface area contributed by atoms with Gasteiger partial charge in [-0.15, -0.1) is 0 Å². The molecule has 0 spiro atoms. The molecule has 5 rings (SSSR count). The average Bonchev–Trinajstić information content (AvgIpc) is 3.52. The Bertz CT molecular complexity index is 1300. The minimum absolute atomic E-state index is 0.177. The smallest absolute Gasteiger partial charge is 0.177 e. The van der Waals surface area contributed by atoms with Crippen LogP contribution in [-0.4, -0.2) is 63.0 Å². The van der Waals surface area contributed by atoms with Crippen LogP contribution in [0.15, 0.2) is 48.8 Å². The molecule has 1 aliphatic heterocycles. The number of H-pyrrole nitrogens is 1. The molecule has 168 valence electrons. The van der Waals surface area contributed by atoms with E-state index in [-0.39, 0.29) is 6.04 Å². The van der Waals surface area contributed by atoms with E-state index in [1.54, 1.807) is 48.5 Å². The lowest BCUT2D eigenvalue weighted by Gasteiger charge is -2.34. The Kier molecular flexibility index (Phi) is 5.69. The normalized spacial score (nSPS) is 16.9. The molecule has 1 fully saturated rings. The zero-order chi connectivity index (χ0) is 22.8. The Morgan fingerprint density at radius 2 is 2.09 bits per heavy atom. The summed E-state index contributed by atoms with van der Waals surface area (Å²) in [6.45, 7) is 4.11. The highest BCUT2D eigenvalue weighted by atomic mass is 16.5. The molecule has 0 bridgehead atoms.